The van der Waals surface area contributed by atoms with Gasteiger partial charge in [0.25, 0.3) is 5.91 Å². The van der Waals surface area contributed by atoms with E-state index in [-0.39, 0.29) is 28.6 Å². The molecule has 104 valence electrons. The molecule has 1 aliphatic heterocycles. The molecule has 2 rings (SSSR count). The van der Waals surface area contributed by atoms with E-state index in [2.05, 4.69) is 0 Å². The van der Waals surface area contributed by atoms with E-state index in [0.717, 1.165) is 19.3 Å². The zero-order valence-electron chi connectivity index (χ0n) is 10.9. The lowest BCUT2D eigenvalue weighted by atomic mass is 9.96. The summed E-state index contributed by atoms with van der Waals surface area (Å²) in [6, 6.07) is 4.01. The number of piperidine rings is 1. The normalized spacial score (nSPS) is 21.3. The summed E-state index contributed by atoms with van der Waals surface area (Å²) in [6.07, 6.45) is 2.86. The van der Waals surface area contributed by atoms with Crippen molar-refractivity contribution in [1.29, 1.82) is 0 Å². The Labute approximate surface area is 117 Å². The van der Waals surface area contributed by atoms with Crippen LogP contribution in [0, 0.1) is 5.82 Å². The fourth-order valence-corrected chi connectivity index (χ4v) is 2.73. The molecule has 0 saturated carbocycles. The molecule has 0 bridgehead atoms. The Morgan fingerprint density at radius 2 is 2.26 bits per heavy atom. The Kier molecular flexibility index (Phi) is 4.42. The first-order valence-corrected chi connectivity index (χ1v) is 6.90. The van der Waals surface area contributed by atoms with Crippen molar-refractivity contribution >= 4 is 17.5 Å². The van der Waals surface area contributed by atoms with Crippen LogP contribution in [0.3, 0.4) is 0 Å². The van der Waals surface area contributed by atoms with Crippen LogP contribution in [0.4, 0.5) is 4.39 Å². The number of hydrogen-bond donors (Lipinski definition) is 1. The number of hydrogen-bond acceptors (Lipinski definition) is 2. The molecule has 0 aromatic heterocycles. The van der Waals surface area contributed by atoms with Gasteiger partial charge in [-0.2, -0.15) is 0 Å². The van der Waals surface area contributed by atoms with Gasteiger partial charge in [-0.1, -0.05) is 11.6 Å². The predicted molar refractivity (Wildman–Crippen MR) is 73.7 cm³/mol. The maximum atomic E-state index is 13.8. The standard InChI is InChI=1S/C14H18ClFN2O/c1-9(17)13-4-2-3-7-18(13)14(19)11-6-5-10(15)8-12(11)16/h5-6,8-9,13H,2-4,7,17H2,1H3. The highest BCUT2D eigenvalue weighted by molar-refractivity contribution is 6.30. The molecule has 1 aromatic rings. The molecule has 2 atom stereocenters. The van der Waals surface area contributed by atoms with Crippen LogP contribution >= 0.6 is 11.6 Å². The summed E-state index contributed by atoms with van der Waals surface area (Å²) in [6.45, 7) is 2.52. The van der Waals surface area contributed by atoms with Crippen LogP contribution in [0.25, 0.3) is 0 Å². The average molecular weight is 285 g/mol. The Morgan fingerprint density at radius 1 is 1.53 bits per heavy atom. The molecule has 3 nitrogen and oxygen atoms in total. The smallest absolute Gasteiger partial charge is 0.257 e. The third-order valence-electron chi connectivity index (χ3n) is 3.58. The van der Waals surface area contributed by atoms with Crippen LogP contribution < -0.4 is 5.73 Å². The minimum atomic E-state index is -0.577. The van der Waals surface area contributed by atoms with E-state index in [1.165, 1.54) is 18.2 Å². The van der Waals surface area contributed by atoms with Crippen LogP contribution in [0.2, 0.25) is 5.02 Å². The molecule has 1 amide bonds. The van der Waals surface area contributed by atoms with Crippen molar-refractivity contribution in [3.63, 3.8) is 0 Å². The Bertz CT molecular complexity index is 479. The van der Waals surface area contributed by atoms with Crippen molar-refractivity contribution < 1.29 is 9.18 Å². The summed E-state index contributed by atoms with van der Waals surface area (Å²) < 4.78 is 13.8. The topological polar surface area (TPSA) is 46.3 Å². The molecular formula is C14H18ClFN2O. The van der Waals surface area contributed by atoms with E-state index in [0.29, 0.717) is 6.54 Å². The second kappa shape index (κ2) is 5.88. The van der Waals surface area contributed by atoms with Gasteiger partial charge < -0.3 is 10.6 Å². The van der Waals surface area contributed by atoms with Crippen molar-refractivity contribution in [2.75, 3.05) is 6.54 Å². The van der Waals surface area contributed by atoms with Crippen molar-refractivity contribution in [3.8, 4) is 0 Å². The van der Waals surface area contributed by atoms with Crippen LogP contribution in [-0.4, -0.2) is 29.4 Å². The molecule has 0 radical (unpaired) electrons. The fourth-order valence-electron chi connectivity index (χ4n) is 2.57. The van der Waals surface area contributed by atoms with Crippen molar-refractivity contribution in [2.24, 2.45) is 5.73 Å². The maximum absolute atomic E-state index is 13.8. The number of carbonyl (C=O) groups is 1. The lowest BCUT2D eigenvalue weighted by Gasteiger charge is -2.38. The van der Waals surface area contributed by atoms with Crippen LogP contribution in [0.1, 0.15) is 36.5 Å². The second-order valence-corrected chi connectivity index (χ2v) is 5.48. The number of halogens is 2. The van der Waals surface area contributed by atoms with Crippen LogP contribution in [0.15, 0.2) is 18.2 Å². The molecule has 1 aromatic carbocycles. The molecular weight excluding hydrogens is 267 g/mol. The second-order valence-electron chi connectivity index (χ2n) is 5.04. The lowest BCUT2D eigenvalue weighted by molar-refractivity contribution is 0.0579. The van der Waals surface area contributed by atoms with Gasteiger partial charge in [0.05, 0.1) is 5.56 Å². The van der Waals surface area contributed by atoms with Gasteiger partial charge >= 0.3 is 0 Å². The highest BCUT2D eigenvalue weighted by Gasteiger charge is 2.30. The molecule has 2 N–H and O–H groups in total. The van der Waals surface area contributed by atoms with Crippen molar-refractivity contribution in [1.82, 2.24) is 4.90 Å². The molecule has 5 heteroatoms. The van der Waals surface area contributed by atoms with E-state index in [1.54, 1.807) is 4.90 Å². The Balaban J connectivity index is 2.26. The number of amides is 1. The first-order valence-electron chi connectivity index (χ1n) is 6.52. The molecule has 19 heavy (non-hydrogen) atoms. The zero-order chi connectivity index (χ0) is 14.0. The Morgan fingerprint density at radius 3 is 2.89 bits per heavy atom. The number of nitrogens with zero attached hydrogens (tertiary/aromatic N) is 1. The van der Waals surface area contributed by atoms with Crippen LogP contribution in [-0.2, 0) is 0 Å². The van der Waals surface area contributed by atoms with E-state index in [1.807, 2.05) is 6.92 Å². The summed E-state index contributed by atoms with van der Waals surface area (Å²) >= 11 is 5.70. The summed E-state index contributed by atoms with van der Waals surface area (Å²) in [5, 5.41) is 0.288. The van der Waals surface area contributed by atoms with Gasteiger partial charge in [0.15, 0.2) is 0 Å². The van der Waals surface area contributed by atoms with Gasteiger partial charge in [0, 0.05) is 23.7 Å². The number of rotatable bonds is 2. The quantitative estimate of drug-likeness (QED) is 0.908. The number of likely N-dealkylation sites (tertiary alicyclic amines) is 1. The third-order valence-corrected chi connectivity index (χ3v) is 3.81. The minimum Gasteiger partial charge on any atom is -0.334 e. The number of benzene rings is 1. The molecule has 1 heterocycles. The number of carbonyl (C=O) groups excluding carboxylic acids is 1. The molecule has 0 spiro atoms. The monoisotopic (exact) mass is 284 g/mol. The third kappa shape index (κ3) is 3.07. The molecule has 1 aliphatic rings. The first-order chi connectivity index (χ1) is 9.00. The fraction of sp³-hybridized carbons (Fsp3) is 0.500. The SMILES string of the molecule is CC(N)C1CCCCN1C(=O)c1ccc(Cl)cc1F. The Hall–Kier alpha value is -1.13. The van der Waals surface area contributed by atoms with E-state index in [4.69, 9.17) is 17.3 Å². The maximum Gasteiger partial charge on any atom is 0.257 e. The van der Waals surface area contributed by atoms with Crippen LogP contribution in [0.5, 0.6) is 0 Å². The highest BCUT2D eigenvalue weighted by Crippen LogP contribution is 2.23. The molecule has 2 unspecified atom stereocenters. The number of nitrogens with two attached hydrogens (primary N) is 1. The molecule has 1 saturated heterocycles. The van der Waals surface area contributed by atoms with Crippen molar-refractivity contribution in [2.45, 2.75) is 38.3 Å². The van der Waals surface area contributed by atoms with Gasteiger partial charge in [0.1, 0.15) is 5.82 Å². The molecule has 1 fully saturated rings. The molecule has 0 aliphatic carbocycles. The van der Waals surface area contributed by atoms with Crippen molar-refractivity contribution in [3.05, 3.63) is 34.6 Å². The van der Waals surface area contributed by atoms with E-state index < -0.39 is 5.82 Å². The average Bonchev–Trinajstić information content (AvgIpc) is 2.38. The highest BCUT2D eigenvalue weighted by atomic mass is 35.5. The summed E-state index contributed by atoms with van der Waals surface area (Å²) in [4.78, 5) is 14.1. The van der Waals surface area contributed by atoms with E-state index >= 15 is 0 Å². The zero-order valence-corrected chi connectivity index (χ0v) is 11.7. The summed E-state index contributed by atoms with van der Waals surface area (Å²) in [5.41, 5.74) is 5.99. The van der Waals surface area contributed by atoms with Gasteiger partial charge in [-0.25, -0.2) is 4.39 Å². The first kappa shape index (κ1) is 14.3. The largest absolute Gasteiger partial charge is 0.334 e. The summed E-state index contributed by atoms with van der Waals surface area (Å²) in [5.74, 6) is -0.873. The predicted octanol–water partition coefficient (Wildman–Crippen LogP) is 2.82. The lowest BCUT2D eigenvalue weighted by Crippen LogP contribution is -2.51. The van der Waals surface area contributed by atoms with Gasteiger partial charge in [0.2, 0.25) is 0 Å². The van der Waals surface area contributed by atoms with E-state index in [9.17, 15) is 9.18 Å². The summed E-state index contributed by atoms with van der Waals surface area (Å²) in [7, 11) is 0. The van der Waals surface area contributed by atoms with Gasteiger partial charge in [-0.15, -0.1) is 0 Å². The minimum absolute atomic E-state index is 0.0173. The van der Waals surface area contributed by atoms with Gasteiger partial charge in [-0.3, -0.25) is 4.79 Å². The van der Waals surface area contributed by atoms with Gasteiger partial charge in [-0.05, 0) is 44.4 Å².